The Labute approximate surface area is 150 Å². The van der Waals surface area contributed by atoms with Crippen molar-refractivity contribution in [1.29, 1.82) is 0 Å². The first-order valence-corrected chi connectivity index (χ1v) is 8.03. The van der Waals surface area contributed by atoms with Crippen LogP contribution >= 0.6 is 0 Å². The lowest BCUT2D eigenvalue weighted by Gasteiger charge is -2.14. The summed E-state index contributed by atoms with van der Waals surface area (Å²) in [7, 11) is 0. The van der Waals surface area contributed by atoms with E-state index in [4.69, 9.17) is 0 Å². The Morgan fingerprint density at radius 1 is 1.24 bits per heavy atom. The molecule has 1 rings (SSSR count). The Hall–Kier alpha value is -2.62. The highest BCUT2D eigenvalue weighted by Gasteiger charge is 2.18. The zero-order valence-corrected chi connectivity index (χ0v) is 15.5. The second-order valence-electron chi connectivity index (χ2n) is 6.48. The molecule has 0 aliphatic heterocycles. The average molecular weight is 342 g/mol. The van der Waals surface area contributed by atoms with E-state index >= 15 is 0 Å². The van der Waals surface area contributed by atoms with E-state index in [0.717, 1.165) is 22.3 Å². The third-order valence-corrected chi connectivity index (χ3v) is 3.81. The first kappa shape index (κ1) is 20.4. The van der Waals surface area contributed by atoms with Gasteiger partial charge in [0.05, 0.1) is 5.71 Å². The molecule has 0 bridgehead atoms. The predicted octanol–water partition coefficient (Wildman–Crippen LogP) is 5.26. The molecule has 0 radical (unpaired) electrons. The summed E-state index contributed by atoms with van der Waals surface area (Å²) in [5.74, 6) is 0.156. The Bertz CT molecular complexity index is 737. The van der Waals surface area contributed by atoms with E-state index in [9.17, 15) is 9.50 Å². The van der Waals surface area contributed by atoms with E-state index in [2.05, 4.69) is 30.0 Å². The molecule has 0 saturated heterocycles. The standard InChI is InChI=1S/C21H27FN2O/c1-8-17(13-24-16(5)21(6,7)22)12-23-15(4)19-9-18(14(2)3)10-20(25)11-19/h8-11,13,23,25H,1-2,4,12H2,3,5-7H3/b17-13+,24-16+. The molecule has 134 valence electrons. The molecule has 0 heterocycles. The second kappa shape index (κ2) is 8.47. The molecule has 0 saturated carbocycles. The van der Waals surface area contributed by atoms with Crippen LogP contribution in [0.25, 0.3) is 11.3 Å². The molecule has 2 N–H and O–H groups in total. The predicted molar refractivity (Wildman–Crippen MR) is 106 cm³/mol. The van der Waals surface area contributed by atoms with Gasteiger partial charge in [-0.05, 0) is 57.0 Å². The maximum atomic E-state index is 13.8. The number of alkyl halides is 1. The fraction of sp³-hybridized carbons (Fsp3) is 0.286. The maximum Gasteiger partial charge on any atom is 0.143 e. The molecule has 4 heteroatoms. The minimum absolute atomic E-state index is 0.156. The number of phenols is 1. The van der Waals surface area contributed by atoms with Gasteiger partial charge in [-0.1, -0.05) is 31.4 Å². The molecule has 25 heavy (non-hydrogen) atoms. The molecular formula is C21H27FN2O. The lowest BCUT2D eigenvalue weighted by atomic mass is 10.0. The number of aromatic hydroxyl groups is 1. The largest absolute Gasteiger partial charge is 0.508 e. The monoisotopic (exact) mass is 342 g/mol. The van der Waals surface area contributed by atoms with Gasteiger partial charge in [0.1, 0.15) is 11.4 Å². The number of benzene rings is 1. The van der Waals surface area contributed by atoms with Crippen LogP contribution in [0.1, 0.15) is 38.8 Å². The van der Waals surface area contributed by atoms with Gasteiger partial charge in [0.15, 0.2) is 0 Å². The summed E-state index contributed by atoms with van der Waals surface area (Å²) in [4.78, 5) is 4.16. The molecule has 0 spiro atoms. The van der Waals surface area contributed by atoms with Crippen molar-refractivity contribution < 1.29 is 9.50 Å². The Kier molecular flexibility index (Phi) is 6.92. The van der Waals surface area contributed by atoms with Crippen molar-refractivity contribution in [2.45, 2.75) is 33.4 Å². The number of hydrogen-bond acceptors (Lipinski definition) is 3. The van der Waals surface area contributed by atoms with E-state index in [1.807, 2.05) is 13.0 Å². The number of nitrogens with one attached hydrogen (secondary N) is 1. The van der Waals surface area contributed by atoms with Crippen molar-refractivity contribution in [2.24, 2.45) is 4.99 Å². The van der Waals surface area contributed by atoms with Crippen LogP contribution < -0.4 is 5.32 Å². The summed E-state index contributed by atoms with van der Waals surface area (Å²) >= 11 is 0. The van der Waals surface area contributed by atoms with Crippen molar-refractivity contribution in [2.75, 3.05) is 6.54 Å². The zero-order chi connectivity index (χ0) is 19.2. The molecule has 0 fully saturated rings. The van der Waals surface area contributed by atoms with Crippen LogP contribution in [0.3, 0.4) is 0 Å². The van der Waals surface area contributed by atoms with Gasteiger partial charge in [-0.2, -0.15) is 0 Å². The van der Waals surface area contributed by atoms with Gasteiger partial charge >= 0.3 is 0 Å². The highest BCUT2D eigenvalue weighted by atomic mass is 19.1. The van der Waals surface area contributed by atoms with Crippen LogP contribution in [0.5, 0.6) is 5.75 Å². The zero-order valence-electron chi connectivity index (χ0n) is 15.5. The van der Waals surface area contributed by atoms with Crippen molar-refractivity contribution in [3.05, 3.63) is 66.9 Å². The van der Waals surface area contributed by atoms with E-state index in [1.165, 1.54) is 13.8 Å². The quantitative estimate of drug-likeness (QED) is 0.500. The summed E-state index contributed by atoms with van der Waals surface area (Å²) in [6.45, 7) is 18.5. The third kappa shape index (κ3) is 6.42. The smallest absolute Gasteiger partial charge is 0.143 e. The van der Waals surface area contributed by atoms with Gasteiger partial charge in [0.25, 0.3) is 0 Å². The normalized spacial score (nSPS) is 12.7. The molecule has 1 aromatic rings. The number of aliphatic imine (C=N–C) groups is 1. The maximum absolute atomic E-state index is 13.8. The van der Waals surface area contributed by atoms with Gasteiger partial charge in [0, 0.05) is 24.0 Å². The molecule has 3 nitrogen and oxygen atoms in total. The van der Waals surface area contributed by atoms with E-state index < -0.39 is 5.67 Å². The SMILES string of the molecule is C=C/C(=C\N=C(/C)C(C)(C)F)CNC(=C)c1cc(O)cc(C(=C)C)c1. The summed E-state index contributed by atoms with van der Waals surface area (Å²) in [5.41, 5.74) is 2.86. The van der Waals surface area contributed by atoms with Crippen LogP contribution in [0.4, 0.5) is 4.39 Å². The third-order valence-electron chi connectivity index (χ3n) is 3.81. The van der Waals surface area contributed by atoms with Crippen LogP contribution in [0, 0.1) is 0 Å². The first-order valence-electron chi connectivity index (χ1n) is 8.03. The summed E-state index contributed by atoms with van der Waals surface area (Å²) < 4.78 is 13.8. The molecule has 0 atom stereocenters. The molecule has 0 aromatic heterocycles. The fourth-order valence-electron chi connectivity index (χ4n) is 1.85. The van der Waals surface area contributed by atoms with Crippen molar-refractivity contribution >= 4 is 17.0 Å². The summed E-state index contributed by atoms with van der Waals surface area (Å²) in [6.07, 6.45) is 3.25. The molecule has 1 aromatic carbocycles. The van der Waals surface area contributed by atoms with Gasteiger partial charge in [-0.15, -0.1) is 0 Å². The first-order chi connectivity index (χ1) is 11.5. The highest BCUT2D eigenvalue weighted by Crippen LogP contribution is 2.24. The topological polar surface area (TPSA) is 44.6 Å². The van der Waals surface area contributed by atoms with Crippen molar-refractivity contribution in [1.82, 2.24) is 5.32 Å². The Balaban J connectivity index is 2.87. The van der Waals surface area contributed by atoms with E-state index in [0.29, 0.717) is 18.0 Å². The number of allylic oxidation sites excluding steroid dienone is 1. The lowest BCUT2D eigenvalue weighted by Crippen LogP contribution is -2.22. The summed E-state index contributed by atoms with van der Waals surface area (Å²) in [6, 6.07) is 5.19. The Morgan fingerprint density at radius 2 is 1.84 bits per heavy atom. The molecule has 0 aliphatic rings. The van der Waals surface area contributed by atoms with Gasteiger partial charge in [-0.3, -0.25) is 4.99 Å². The number of nitrogens with zero attached hydrogens (tertiary/aromatic N) is 1. The average Bonchev–Trinajstić information content (AvgIpc) is 2.52. The van der Waals surface area contributed by atoms with Crippen LogP contribution in [-0.4, -0.2) is 23.0 Å². The number of rotatable bonds is 8. The highest BCUT2D eigenvalue weighted by molar-refractivity contribution is 5.90. The van der Waals surface area contributed by atoms with E-state index in [-0.39, 0.29) is 5.75 Å². The molecular weight excluding hydrogens is 315 g/mol. The van der Waals surface area contributed by atoms with Gasteiger partial charge in [0.2, 0.25) is 0 Å². The minimum Gasteiger partial charge on any atom is -0.508 e. The van der Waals surface area contributed by atoms with Crippen LogP contribution in [0.15, 0.2) is 60.8 Å². The Morgan fingerprint density at radius 3 is 2.36 bits per heavy atom. The molecule has 0 unspecified atom stereocenters. The minimum atomic E-state index is -1.46. The lowest BCUT2D eigenvalue weighted by molar-refractivity contribution is 0.312. The van der Waals surface area contributed by atoms with Gasteiger partial charge < -0.3 is 10.4 Å². The van der Waals surface area contributed by atoms with Crippen molar-refractivity contribution in [3.8, 4) is 5.75 Å². The van der Waals surface area contributed by atoms with Crippen LogP contribution in [-0.2, 0) is 0 Å². The number of halogens is 1. The van der Waals surface area contributed by atoms with E-state index in [1.54, 1.807) is 31.3 Å². The van der Waals surface area contributed by atoms with Crippen LogP contribution in [0.2, 0.25) is 0 Å². The number of phenolic OH excluding ortho intramolecular Hbond substituents is 1. The summed E-state index contributed by atoms with van der Waals surface area (Å²) in [5, 5.41) is 13.0. The molecule has 0 aliphatic carbocycles. The number of hydrogen-bond donors (Lipinski definition) is 2. The fourth-order valence-corrected chi connectivity index (χ4v) is 1.85. The molecule has 0 amide bonds. The second-order valence-corrected chi connectivity index (χ2v) is 6.48. The van der Waals surface area contributed by atoms with Crippen molar-refractivity contribution in [3.63, 3.8) is 0 Å². The van der Waals surface area contributed by atoms with Gasteiger partial charge in [-0.25, -0.2) is 4.39 Å².